The molecule has 0 aliphatic carbocycles. The number of nitrogens with two attached hydrogens (primary N) is 1. The number of hydrogen-bond acceptors (Lipinski definition) is 6. The van der Waals surface area contributed by atoms with E-state index in [1.807, 2.05) is 30.3 Å². The molecule has 2 aromatic heterocycles. The third kappa shape index (κ3) is 4.34. The summed E-state index contributed by atoms with van der Waals surface area (Å²) in [5.41, 5.74) is 8.45. The summed E-state index contributed by atoms with van der Waals surface area (Å²) in [4.78, 5) is 28.4. The summed E-state index contributed by atoms with van der Waals surface area (Å²) in [7, 11) is 0. The van der Waals surface area contributed by atoms with Gasteiger partial charge in [-0.25, -0.2) is 9.20 Å². The van der Waals surface area contributed by atoms with E-state index >= 15 is 0 Å². The van der Waals surface area contributed by atoms with Crippen LogP contribution >= 0.6 is 11.6 Å². The van der Waals surface area contributed by atoms with Crippen molar-refractivity contribution >= 4 is 28.7 Å². The number of ketones is 1. The Labute approximate surface area is 201 Å². The topological polar surface area (TPSA) is 98.5 Å². The first-order valence-electron chi connectivity index (χ1n) is 11.3. The van der Waals surface area contributed by atoms with E-state index in [-0.39, 0.29) is 23.9 Å². The molecular weight excluding hydrogens is 452 g/mol. The number of hydrogen-bond donors (Lipinski definition) is 1. The van der Waals surface area contributed by atoms with Gasteiger partial charge in [0.1, 0.15) is 18.4 Å². The zero-order valence-electron chi connectivity index (χ0n) is 18.6. The number of carbonyl (C=O) groups excluding carboxylic acids is 1. The van der Waals surface area contributed by atoms with Crippen LogP contribution in [0.4, 0.5) is 5.82 Å². The van der Waals surface area contributed by atoms with Crippen molar-refractivity contribution in [3.05, 3.63) is 93.0 Å². The first kappa shape index (κ1) is 22.3. The van der Waals surface area contributed by atoms with Crippen LogP contribution < -0.4 is 16.2 Å². The molecule has 1 aliphatic heterocycles. The van der Waals surface area contributed by atoms with Crippen molar-refractivity contribution in [2.75, 3.05) is 18.0 Å². The maximum atomic E-state index is 13.6. The Morgan fingerprint density at radius 3 is 2.65 bits per heavy atom. The fraction of sp³-hybridized carbons (Fsp3) is 0.280. The lowest BCUT2D eigenvalue weighted by atomic mass is 10.0. The molecule has 1 unspecified atom stereocenters. The number of carbonyl (C=O) groups is 1. The maximum absolute atomic E-state index is 13.6. The molecule has 0 saturated carbocycles. The zero-order chi connectivity index (χ0) is 23.7. The van der Waals surface area contributed by atoms with Gasteiger partial charge in [0, 0.05) is 41.7 Å². The first-order chi connectivity index (χ1) is 16.5. The Morgan fingerprint density at radius 2 is 1.88 bits per heavy atom. The van der Waals surface area contributed by atoms with Crippen LogP contribution in [0.5, 0.6) is 0 Å². The van der Waals surface area contributed by atoms with Crippen LogP contribution in [0.25, 0.3) is 5.52 Å². The molecule has 1 aliphatic rings. The number of halogens is 1. The molecule has 34 heavy (non-hydrogen) atoms. The second-order valence-corrected chi connectivity index (χ2v) is 9.00. The summed E-state index contributed by atoms with van der Waals surface area (Å²) in [6.07, 6.45) is 3.82. The lowest BCUT2D eigenvalue weighted by molar-refractivity contribution is 0.0965. The van der Waals surface area contributed by atoms with Crippen LogP contribution in [0.15, 0.2) is 65.7 Å². The van der Waals surface area contributed by atoms with E-state index < -0.39 is 0 Å². The third-order valence-electron chi connectivity index (χ3n) is 6.20. The highest BCUT2D eigenvalue weighted by Crippen LogP contribution is 2.29. The molecule has 1 saturated heterocycles. The summed E-state index contributed by atoms with van der Waals surface area (Å²) in [6.45, 7) is 1.31. The van der Waals surface area contributed by atoms with E-state index in [0.717, 1.165) is 30.5 Å². The molecule has 0 bridgehead atoms. The van der Waals surface area contributed by atoms with E-state index in [0.29, 0.717) is 34.9 Å². The third-order valence-corrected chi connectivity index (χ3v) is 6.57. The maximum Gasteiger partial charge on any atom is 0.293 e. The normalized spacial score (nSPS) is 16.2. The number of fused-ring (bicyclic) bond motifs is 1. The summed E-state index contributed by atoms with van der Waals surface area (Å²) in [6, 6.07) is 16.5. The van der Waals surface area contributed by atoms with Gasteiger partial charge in [0.25, 0.3) is 5.56 Å². The van der Waals surface area contributed by atoms with Gasteiger partial charge < -0.3 is 10.6 Å². The molecule has 0 spiro atoms. The van der Waals surface area contributed by atoms with Crippen LogP contribution in [-0.4, -0.2) is 44.3 Å². The van der Waals surface area contributed by atoms with E-state index in [2.05, 4.69) is 10.00 Å². The van der Waals surface area contributed by atoms with Gasteiger partial charge in [-0.05, 0) is 24.5 Å². The molecule has 2 aromatic carbocycles. The Kier molecular flexibility index (Phi) is 6.17. The highest BCUT2D eigenvalue weighted by Gasteiger charge is 2.26. The lowest BCUT2D eigenvalue weighted by Crippen LogP contribution is -2.43. The Morgan fingerprint density at radius 1 is 1.12 bits per heavy atom. The zero-order valence-corrected chi connectivity index (χ0v) is 19.4. The average molecular weight is 477 g/mol. The number of Topliss-reactive ketones (excluding diaryl/α,β-unsaturated/α-hetero) is 1. The van der Waals surface area contributed by atoms with Crippen LogP contribution in [0.3, 0.4) is 0 Å². The monoisotopic (exact) mass is 476 g/mol. The molecule has 2 N–H and O–H groups in total. The van der Waals surface area contributed by atoms with Gasteiger partial charge in [0.2, 0.25) is 0 Å². The average Bonchev–Trinajstić information content (AvgIpc) is 3.22. The Bertz CT molecular complexity index is 1400. The number of anilines is 1. The van der Waals surface area contributed by atoms with Gasteiger partial charge >= 0.3 is 0 Å². The highest BCUT2D eigenvalue weighted by atomic mass is 35.5. The number of rotatable bonds is 6. The number of piperidine rings is 1. The molecule has 174 valence electrons. The van der Waals surface area contributed by atoms with Crippen molar-refractivity contribution in [2.24, 2.45) is 5.73 Å². The van der Waals surface area contributed by atoms with Crippen LogP contribution in [0, 0.1) is 0 Å². The summed E-state index contributed by atoms with van der Waals surface area (Å²) in [5.74, 6) is 0.523. The smallest absolute Gasteiger partial charge is 0.293 e. The molecule has 0 amide bonds. The van der Waals surface area contributed by atoms with Gasteiger partial charge in [0.15, 0.2) is 11.6 Å². The van der Waals surface area contributed by atoms with Crippen molar-refractivity contribution in [2.45, 2.75) is 31.8 Å². The lowest BCUT2D eigenvalue weighted by Gasteiger charge is -2.31. The standard InChI is InChI=1S/C25H25ClN6O2/c26-21-11-5-4-9-18(21)13-20-23-25(34)31(15-22(33)17-7-2-1-3-8-17)28-16-32(23)29-24(20)30-12-6-10-19(27)14-30/h1-5,7-9,11,16,19H,6,10,12-15,27H2. The van der Waals surface area contributed by atoms with Crippen LogP contribution in [0.1, 0.15) is 34.3 Å². The highest BCUT2D eigenvalue weighted by molar-refractivity contribution is 6.31. The fourth-order valence-corrected chi connectivity index (χ4v) is 4.67. The largest absolute Gasteiger partial charge is 0.353 e. The van der Waals surface area contributed by atoms with Gasteiger partial charge in [-0.15, -0.1) is 5.10 Å². The van der Waals surface area contributed by atoms with Gasteiger partial charge in [-0.3, -0.25) is 9.59 Å². The van der Waals surface area contributed by atoms with E-state index in [9.17, 15) is 9.59 Å². The number of nitrogens with zero attached hydrogens (tertiary/aromatic N) is 5. The minimum atomic E-state index is -0.367. The van der Waals surface area contributed by atoms with Crippen molar-refractivity contribution in [3.63, 3.8) is 0 Å². The number of aromatic nitrogens is 4. The molecular formula is C25H25ClN6O2. The van der Waals surface area contributed by atoms with E-state index in [1.54, 1.807) is 24.3 Å². The minimum Gasteiger partial charge on any atom is -0.353 e. The van der Waals surface area contributed by atoms with Crippen molar-refractivity contribution in [1.82, 2.24) is 19.4 Å². The van der Waals surface area contributed by atoms with Gasteiger partial charge in [0.05, 0.1) is 0 Å². The van der Waals surface area contributed by atoms with Gasteiger partial charge in [-0.1, -0.05) is 60.1 Å². The van der Waals surface area contributed by atoms with Gasteiger partial charge in [-0.2, -0.15) is 5.10 Å². The number of benzene rings is 2. The Hall–Kier alpha value is -3.49. The second-order valence-electron chi connectivity index (χ2n) is 8.59. The molecule has 1 fully saturated rings. The molecule has 1 atom stereocenters. The Balaban J connectivity index is 1.61. The summed E-state index contributed by atoms with van der Waals surface area (Å²) >= 11 is 6.46. The minimum absolute atomic E-state index is 0.0463. The predicted octanol–water partition coefficient (Wildman–Crippen LogP) is 2.95. The molecule has 3 heterocycles. The fourth-order valence-electron chi connectivity index (χ4n) is 4.47. The van der Waals surface area contributed by atoms with E-state index in [1.165, 1.54) is 15.5 Å². The predicted molar refractivity (Wildman–Crippen MR) is 132 cm³/mol. The van der Waals surface area contributed by atoms with E-state index in [4.69, 9.17) is 22.4 Å². The van der Waals surface area contributed by atoms with Crippen LogP contribution in [0.2, 0.25) is 5.02 Å². The van der Waals surface area contributed by atoms with Crippen molar-refractivity contribution < 1.29 is 4.79 Å². The molecule has 0 radical (unpaired) electrons. The summed E-state index contributed by atoms with van der Waals surface area (Å²) in [5, 5.41) is 9.57. The second kappa shape index (κ2) is 9.40. The quantitative estimate of drug-likeness (QED) is 0.429. The van der Waals surface area contributed by atoms with Crippen LogP contribution in [-0.2, 0) is 13.0 Å². The molecule has 9 heteroatoms. The molecule has 4 aromatic rings. The first-order valence-corrected chi connectivity index (χ1v) is 11.7. The van der Waals surface area contributed by atoms with Crippen molar-refractivity contribution in [3.8, 4) is 0 Å². The SMILES string of the molecule is NC1CCCN(c2nn3cnn(CC(=O)c4ccccc4)c(=O)c3c2Cc2ccccc2Cl)C1. The summed E-state index contributed by atoms with van der Waals surface area (Å²) < 4.78 is 2.71. The molecule has 8 nitrogen and oxygen atoms in total. The van der Waals surface area contributed by atoms with Crippen molar-refractivity contribution in [1.29, 1.82) is 0 Å². The molecule has 5 rings (SSSR count).